The lowest BCUT2D eigenvalue weighted by Gasteiger charge is -2.58. The van der Waals surface area contributed by atoms with Crippen molar-refractivity contribution < 1.29 is 9.53 Å². The Labute approximate surface area is 157 Å². The van der Waals surface area contributed by atoms with E-state index in [1.165, 1.54) is 5.57 Å². The maximum Gasteiger partial charge on any atom is 0.207 e. The fraction of sp³-hybridized carbons (Fsp3) is 0.857. The number of rotatable bonds is 3. The highest BCUT2D eigenvalue weighted by molar-refractivity contribution is 6.21. The number of nitrogens with one attached hydrogen (secondary N) is 1. The van der Waals surface area contributed by atoms with Crippen LogP contribution >= 0.6 is 11.6 Å². The quantitative estimate of drug-likeness (QED) is 0.440. The molecule has 3 rings (SSSR count). The molecule has 1 N–H and O–H groups in total. The highest BCUT2D eigenvalue weighted by Gasteiger charge is 2.55. The van der Waals surface area contributed by atoms with Gasteiger partial charge in [0, 0.05) is 5.54 Å². The lowest BCUT2D eigenvalue weighted by Crippen LogP contribution is -2.61. The number of hydrogen-bond donors (Lipinski definition) is 1. The first-order chi connectivity index (χ1) is 11.6. The van der Waals surface area contributed by atoms with Gasteiger partial charge in [-0.1, -0.05) is 11.6 Å². The summed E-state index contributed by atoms with van der Waals surface area (Å²) in [5, 5.41) is 3.24. The van der Waals surface area contributed by atoms with Crippen LogP contribution in [0.5, 0.6) is 0 Å². The van der Waals surface area contributed by atoms with E-state index in [4.69, 9.17) is 16.3 Å². The van der Waals surface area contributed by atoms with E-state index in [0.29, 0.717) is 17.8 Å². The summed E-state index contributed by atoms with van der Waals surface area (Å²) in [6, 6.07) is 0. The Balaban J connectivity index is 1.92. The molecule has 0 unspecified atom stereocenters. The van der Waals surface area contributed by atoms with Crippen LogP contribution in [0.2, 0.25) is 0 Å². The zero-order valence-electron chi connectivity index (χ0n) is 16.4. The molecule has 2 aliphatic carbocycles. The summed E-state index contributed by atoms with van der Waals surface area (Å²) in [4.78, 5) is 11.2. The second kappa shape index (κ2) is 6.56. The van der Waals surface area contributed by atoms with E-state index in [2.05, 4.69) is 46.0 Å². The van der Waals surface area contributed by atoms with E-state index in [-0.39, 0.29) is 22.1 Å². The van der Waals surface area contributed by atoms with Gasteiger partial charge in [-0.3, -0.25) is 4.79 Å². The molecule has 1 aliphatic heterocycles. The second-order valence-corrected chi connectivity index (χ2v) is 10.1. The van der Waals surface area contributed by atoms with Crippen LogP contribution in [0.15, 0.2) is 11.6 Å². The average molecular weight is 368 g/mol. The molecule has 0 aromatic heterocycles. The van der Waals surface area contributed by atoms with Crippen LogP contribution in [0.3, 0.4) is 0 Å². The van der Waals surface area contributed by atoms with Crippen LogP contribution in [0.1, 0.15) is 73.1 Å². The van der Waals surface area contributed by atoms with Gasteiger partial charge in [-0.05, 0) is 90.9 Å². The summed E-state index contributed by atoms with van der Waals surface area (Å²) in [5.74, 6) is 1.43. The van der Waals surface area contributed by atoms with Gasteiger partial charge in [-0.2, -0.15) is 0 Å². The summed E-state index contributed by atoms with van der Waals surface area (Å²) in [6.07, 6.45) is 9.79. The molecule has 3 nitrogen and oxygen atoms in total. The van der Waals surface area contributed by atoms with Crippen LogP contribution < -0.4 is 5.32 Å². The van der Waals surface area contributed by atoms with Crippen LogP contribution in [0.4, 0.5) is 0 Å². The molecule has 25 heavy (non-hydrogen) atoms. The first kappa shape index (κ1) is 19.2. The Hall–Kier alpha value is -0.540. The maximum atomic E-state index is 11.2. The van der Waals surface area contributed by atoms with E-state index in [0.717, 1.165) is 44.9 Å². The van der Waals surface area contributed by atoms with E-state index in [1.54, 1.807) is 0 Å². The van der Waals surface area contributed by atoms with Gasteiger partial charge < -0.3 is 10.1 Å². The smallest absolute Gasteiger partial charge is 0.207 e. The van der Waals surface area contributed by atoms with Crippen molar-refractivity contribution >= 4 is 18.0 Å². The zero-order valence-corrected chi connectivity index (χ0v) is 17.2. The number of carbonyl (C=O) groups is 1. The molecule has 1 saturated heterocycles. The monoisotopic (exact) mass is 367 g/mol. The van der Waals surface area contributed by atoms with E-state index in [9.17, 15) is 4.79 Å². The Morgan fingerprint density at radius 2 is 1.88 bits per heavy atom. The SMILES string of the molecule is CC1=C[C@@H]2[C@@H](CC1)[C@](C)(NC=O)CC[C@H]2[C@@]1(C)CC[C@H](Cl)C(C)(C)O1. The molecule has 0 radical (unpaired) electrons. The number of ether oxygens (including phenoxy) is 1. The molecule has 0 bridgehead atoms. The Morgan fingerprint density at radius 1 is 1.16 bits per heavy atom. The van der Waals surface area contributed by atoms with Crippen LogP contribution in [0, 0.1) is 17.8 Å². The summed E-state index contributed by atoms with van der Waals surface area (Å²) < 4.78 is 6.67. The summed E-state index contributed by atoms with van der Waals surface area (Å²) >= 11 is 6.54. The Bertz CT molecular complexity index is 560. The number of halogens is 1. The molecule has 1 amide bonds. The molecule has 1 saturated carbocycles. The van der Waals surface area contributed by atoms with Gasteiger partial charge in [0.05, 0.1) is 16.6 Å². The van der Waals surface area contributed by atoms with Crippen LogP contribution in [0.25, 0.3) is 0 Å². The van der Waals surface area contributed by atoms with E-state index < -0.39 is 0 Å². The van der Waals surface area contributed by atoms with Gasteiger partial charge in [0.1, 0.15) is 0 Å². The fourth-order valence-electron chi connectivity index (χ4n) is 5.84. The second-order valence-electron chi connectivity index (χ2n) is 9.58. The molecule has 0 aromatic carbocycles. The van der Waals surface area contributed by atoms with Gasteiger partial charge in [-0.15, -0.1) is 11.6 Å². The zero-order chi connectivity index (χ0) is 18.5. The Kier molecular flexibility index (Phi) is 5.05. The normalized spacial score (nSPS) is 46.7. The predicted molar refractivity (Wildman–Crippen MR) is 103 cm³/mol. The minimum Gasteiger partial charge on any atom is -0.368 e. The molecular weight excluding hydrogens is 334 g/mol. The van der Waals surface area contributed by atoms with Crippen molar-refractivity contribution in [1.82, 2.24) is 5.32 Å². The highest BCUT2D eigenvalue weighted by atomic mass is 35.5. The van der Waals surface area contributed by atoms with Crippen molar-refractivity contribution in [3.63, 3.8) is 0 Å². The third kappa shape index (κ3) is 3.39. The number of alkyl halides is 1. The number of amides is 1. The van der Waals surface area contributed by atoms with E-state index in [1.807, 2.05) is 0 Å². The van der Waals surface area contributed by atoms with Gasteiger partial charge in [0.25, 0.3) is 0 Å². The predicted octanol–water partition coefficient (Wildman–Crippen LogP) is 4.83. The first-order valence-electron chi connectivity index (χ1n) is 9.84. The molecule has 2 fully saturated rings. The number of fused-ring (bicyclic) bond motifs is 1. The first-order valence-corrected chi connectivity index (χ1v) is 10.3. The lowest BCUT2D eigenvalue weighted by molar-refractivity contribution is -0.205. The van der Waals surface area contributed by atoms with Gasteiger partial charge >= 0.3 is 0 Å². The molecule has 4 heteroatoms. The van der Waals surface area contributed by atoms with E-state index >= 15 is 0 Å². The summed E-state index contributed by atoms with van der Waals surface area (Å²) in [7, 11) is 0. The lowest BCUT2D eigenvalue weighted by atomic mass is 9.55. The van der Waals surface area contributed by atoms with Crippen molar-refractivity contribution in [3.05, 3.63) is 11.6 Å². The van der Waals surface area contributed by atoms with Crippen molar-refractivity contribution in [2.75, 3.05) is 0 Å². The topological polar surface area (TPSA) is 38.3 Å². The fourth-order valence-corrected chi connectivity index (χ4v) is 5.99. The average Bonchev–Trinajstić information content (AvgIpc) is 2.51. The molecule has 6 atom stereocenters. The molecule has 0 spiro atoms. The van der Waals surface area contributed by atoms with Crippen molar-refractivity contribution in [1.29, 1.82) is 0 Å². The number of hydrogen-bond acceptors (Lipinski definition) is 2. The largest absolute Gasteiger partial charge is 0.368 e. The third-order valence-electron chi connectivity index (χ3n) is 7.37. The maximum absolute atomic E-state index is 11.2. The van der Waals surface area contributed by atoms with Gasteiger partial charge in [-0.25, -0.2) is 0 Å². The minimum atomic E-state index is -0.292. The van der Waals surface area contributed by atoms with Crippen molar-refractivity contribution in [3.8, 4) is 0 Å². The Morgan fingerprint density at radius 3 is 2.52 bits per heavy atom. The molecule has 1 heterocycles. The molecule has 3 aliphatic rings. The molecular formula is C21H34ClNO2. The van der Waals surface area contributed by atoms with Gasteiger partial charge in [0.15, 0.2) is 0 Å². The number of allylic oxidation sites excluding steroid dienone is 2. The molecule has 142 valence electrons. The summed E-state index contributed by atoms with van der Waals surface area (Å²) in [5.41, 5.74) is 0.944. The van der Waals surface area contributed by atoms with Crippen molar-refractivity contribution in [2.24, 2.45) is 17.8 Å². The highest BCUT2D eigenvalue weighted by Crippen LogP contribution is 2.54. The molecule has 0 aromatic rings. The summed E-state index contributed by atoms with van der Waals surface area (Å²) in [6.45, 7) is 11.0. The standard InChI is InChI=1S/C21H34ClNO2/c1-14-6-7-16-15(12-14)17(8-10-20(16,4)23-13-24)21(5)11-9-18(22)19(2,3)25-21/h12-13,15-18H,6-11H2,1-5H3,(H,23,24)/t15-,16-,17-,18+,20-,21-/m1/s1. The minimum absolute atomic E-state index is 0.0746. The van der Waals surface area contributed by atoms with Gasteiger partial charge in [0.2, 0.25) is 6.41 Å². The van der Waals surface area contributed by atoms with Crippen LogP contribution in [-0.4, -0.2) is 28.5 Å². The van der Waals surface area contributed by atoms with Crippen LogP contribution in [-0.2, 0) is 9.53 Å². The third-order valence-corrected chi connectivity index (χ3v) is 8.11. The van der Waals surface area contributed by atoms with Crippen molar-refractivity contribution in [2.45, 2.75) is 95.3 Å². The number of carbonyl (C=O) groups excluding carboxylic acids is 1.